The molecule has 26 heavy (non-hydrogen) atoms. The van der Waals surface area contributed by atoms with Crippen LogP contribution >= 0.6 is 11.3 Å². The van der Waals surface area contributed by atoms with Crippen molar-refractivity contribution in [2.24, 2.45) is 0 Å². The first-order valence-electron chi connectivity index (χ1n) is 7.88. The third kappa shape index (κ3) is 2.82. The van der Waals surface area contributed by atoms with Crippen LogP contribution in [0.15, 0.2) is 53.2 Å². The Morgan fingerprint density at radius 3 is 2.69 bits per heavy atom. The lowest BCUT2D eigenvalue weighted by molar-refractivity contribution is 0.0666. The van der Waals surface area contributed by atoms with Gasteiger partial charge in [0.25, 0.3) is 5.56 Å². The van der Waals surface area contributed by atoms with E-state index < -0.39 is 6.55 Å². The van der Waals surface area contributed by atoms with Crippen molar-refractivity contribution in [2.75, 3.05) is 0 Å². The van der Waals surface area contributed by atoms with Gasteiger partial charge in [0.2, 0.25) is 0 Å². The molecule has 4 rings (SSSR count). The summed E-state index contributed by atoms with van der Waals surface area (Å²) in [7, 11) is 0. The topological polar surface area (TPSA) is 52.7 Å². The quantitative estimate of drug-likeness (QED) is 0.543. The molecule has 0 unspecified atom stereocenters. The van der Waals surface area contributed by atoms with Crippen LogP contribution in [0, 0.1) is 6.92 Å². The van der Waals surface area contributed by atoms with E-state index >= 15 is 0 Å². The van der Waals surface area contributed by atoms with Crippen LogP contribution < -0.4 is 5.56 Å². The van der Waals surface area contributed by atoms with Crippen molar-refractivity contribution < 1.29 is 8.78 Å². The molecule has 0 N–H and O–H groups in total. The van der Waals surface area contributed by atoms with E-state index in [-0.39, 0.29) is 17.9 Å². The molecular weight excluding hydrogens is 358 g/mol. The maximum atomic E-state index is 13.0. The highest BCUT2D eigenvalue weighted by Gasteiger charge is 2.16. The average molecular weight is 372 g/mol. The molecule has 0 saturated heterocycles. The second-order valence-corrected chi connectivity index (χ2v) is 6.76. The highest BCUT2D eigenvalue weighted by molar-refractivity contribution is 7.17. The van der Waals surface area contributed by atoms with Crippen molar-refractivity contribution >= 4 is 21.6 Å². The fourth-order valence-electron chi connectivity index (χ4n) is 2.82. The number of hydrogen-bond donors (Lipinski definition) is 0. The predicted octanol–water partition coefficient (Wildman–Crippen LogP) is 4.07. The summed E-state index contributed by atoms with van der Waals surface area (Å²) in [6.07, 6.45) is 3.87. The minimum absolute atomic E-state index is 0.0672. The molecule has 0 radical (unpaired) electrons. The van der Waals surface area contributed by atoms with Gasteiger partial charge in [-0.25, -0.2) is 9.97 Å². The number of rotatable bonds is 4. The zero-order valence-electron chi connectivity index (χ0n) is 13.8. The maximum Gasteiger partial charge on any atom is 0.319 e. The average Bonchev–Trinajstić information content (AvgIpc) is 3.25. The summed E-state index contributed by atoms with van der Waals surface area (Å²) in [6.45, 7) is -0.776. The number of thiophene rings is 1. The van der Waals surface area contributed by atoms with Crippen LogP contribution in [0.4, 0.5) is 8.78 Å². The minimum atomic E-state index is -2.70. The Morgan fingerprint density at radius 2 is 1.96 bits per heavy atom. The number of imidazole rings is 1. The summed E-state index contributed by atoms with van der Waals surface area (Å²) in [6, 6.07) is 7.87. The zero-order valence-corrected chi connectivity index (χ0v) is 14.6. The van der Waals surface area contributed by atoms with Gasteiger partial charge in [0.05, 0.1) is 18.3 Å². The Bertz CT molecular complexity index is 1130. The van der Waals surface area contributed by atoms with Crippen molar-refractivity contribution in [1.82, 2.24) is 19.1 Å². The molecule has 1 aromatic carbocycles. The van der Waals surface area contributed by atoms with Gasteiger partial charge in [0.1, 0.15) is 10.7 Å². The Balaban J connectivity index is 1.82. The molecule has 4 aromatic rings. The number of aryl methyl sites for hydroxylation is 1. The maximum absolute atomic E-state index is 13.0. The molecule has 0 bridgehead atoms. The minimum Gasteiger partial charge on any atom is -0.291 e. The van der Waals surface area contributed by atoms with Crippen molar-refractivity contribution in [3.8, 4) is 11.1 Å². The molecule has 0 saturated carbocycles. The molecule has 0 amide bonds. The fourth-order valence-corrected chi connectivity index (χ4v) is 3.73. The van der Waals surface area contributed by atoms with Gasteiger partial charge in [-0.15, -0.1) is 11.3 Å². The molecule has 5 nitrogen and oxygen atoms in total. The van der Waals surface area contributed by atoms with Gasteiger partial charge >= 0.3 is 6.55 Å². The molecule has 8 heteroatoms. The summed E-state index contributed by atoms with van der Waals surface area (Å²) in [5.41, 5.74) is 2.58. The van der Waals surface area contributed by atoms with E-state index in [0.29, 0.717) is 10.2 Å². The lowest BCUT2D eigenvalue weighted by Crippen LogP contribution is -2.22. The van der Waals surface area contributed by atoms with E-state index in [1.54, 1.807) is 0 Å². The molecule has 0 aliphatic rings. The second kappa shape index (κ2) is 6.45. The first kappa shape index (κ1) is 16.6. The molecule has 0 aliphatic carbocycles. The Labute approximate surface area is 151 Å². The van der Waals surface area contributed by atoms with E-state index in [9.17, 15) is 13.6 Å². The van der Waals surface area contributed by atoms with Gasteiger partial charge in [-0.1, -0.05) is 29.8 Å². The summed E-state index contributed by atoms with van der Waals surface area (Å²) in [4.78, 5) is 21.8. The molecule has 0 spiro atoms. The van der Waals surface area contributed by atoms with Gasteiger partial charge in [-0.3, -0.25) is 13.9 Å². The third-order valence-corrected chi connectivity index (χ3v) is 5.08. The van der Waals surface area contributed by atoms with E-state index in [4.69, 9.17) is 0 Å². The monoisotopic (exact) mass is 372 g/mol. The highest BCUT2D eigenvalue weighted by atomic mass is 32.1. The van der Waals surface area contributed by atoms with Crippen LogP contribution in [-0.4, -0.2) is 19.1 Å². The number of hydrogen-bond acceptors (Lipinski definition) is 4. The van der Waals surface area contributed by atoms with E-state index in [0.717, 1.165) is 21.3 Å². The standard InChI is InChI=1S/C18H14F2N4OS/c1-11-2-4-12(5-3-11)13-9-26-16-15(13)17(25)23(10-22-16)8-14-21-6-7-24(14)18(19)20/h2-7,9-10,18H,8H2,1H3. The highest BCUT2D eigenvalue weighted by Crippen LogP contribution is 2.30. The summed E-state index contributed by atoms with van der Waals surface area (Å²) in [5, 5.41) is 2.39. The molecule has 0 aliphatic heterocycles. The van der Waals surface area contributed by atoms with Gasteiger partial charge in [0, 0.05) is 23.3 Å². The first-order valence-corrected chi connectivity index (χ1v) is 8.76. The number of fused-ring (bicyclic) bond motifs is 1. The second-order valence-electron chi connectivity index (χ2n) is 5.90. The van der Waals surface area contributed by atoms with Gasteiger partial charge < -0.3 is 0 Å². The van der Waals surface area contributed by atoms with Gasteiger partial charge in [-0.05, 0) is 12.5 Å². The Hall–Kier alpha value is -2.87. The van der Waals surface area contributed by atoms with Crippen molar-refractivity contribution in [3.63, 3.8) is 0 Å². The van der Waals surface area contributed by atoms with Crippen LogP contribution in [-0.2, 0) is 6.54 Å². The number of aromatic nitrogens is 4. The van der Waals surface area contributed by atoms with E-state index in [2.05, 4.69) is 9.97 Å². The SMILES string of the molecule is Cc1ccc(-c2csc3ncn(Cc4nccn4C(F)F)c(=O)c23)cc1. The van der Waals surface area contributed by atoms with Crippen molar-refractivity contribution in [1.29, 1.82) is 0 Å². The van der Waals surface area contributed by atoms with E-state index in [1.165, 1.54) is 34.6 Å². The third-order valence-electron chi connectivity index (χ3n) is 4.19. The smallest absolute Gasteiger partial charge is 0.291 e. The molecule has 3 heterocycles. The predicted molar refractivity (Wildman–Crippen MR) is 96.6 cm³/mol. The number of benzene rings is 1. The summed E-state index contributed by atoms with van der Waals surface area (Å²) >= 11 is 1.39. The molecular formula is C18H14F2N4OS. The number of alkyl halides is 2. The van der Waals surface area contributed by atoms with Crippen molar-refractivity contribution in [2.45, 2.75) is 20.0 Å². The normalized spacial score (nSPS) is 11.5. The summed E-state index contributed by atoms with van der Waals surface area (Å²) in [5.74, 6) is 0.107. The molecule has 0 atom stereocenters. The lowest BCUT2D eigenvalue weighted by atomic mass is 10.1. The van der Waals surface area contributed by atoms with Gasteiger partial charge in [-0.2, -0.15) is 8.78 Å². The van der Waals surface area contributed by atoms with Crippen LogP contribution in [0.25, 0.3) is 21.3 Å². The summed E-state index contributed by atoms with van der Waals surface area (Å²) < 4.78 is 28.1. The fraction of sp³-hybridized carbons (Fsp3) is 0.167. The van der Waals surface area contributed by atoms with Crippen LogP contribution in [0.5, 0.6) is 0 Å². The zero-order chi connectivity index (χ0) is 18.3. The first-order chi connectivity index (χ1) is 12.5. The van der Waals surface area contributed by atoms with Gasteiger partial charge in [0.15, 0.2) is 0 Å². The largest absolute Gasteiger partial charge is 0.319 e. The molecule has 0 fully saturated rings. The molecule has 132 valence electrons. The van der Waals surface area contributed by atoms with Crippen molar-refractivity contribution in [3.05, 3.63) is 70.1 Å². The number of halogens is 2. The van der Waals surface area contributed by atoms with Crippen LogP contribution in [0.1, 0.15) is 17.9 Å². The Kier molecular flexibility index (Phi) is 4.12. The molecule has 3 aromatic heterocycles. The van der Waals surface area contributed by atoms with Crippen LogP contribution in [0.2, 0.25) is 0 Å². The Morgan fingerprint density at radius 1 is 1.19 bits per heavy atom. The van der Waals surface area contributed by atoms with Crippen LogP contribution in [0.3, 0.4) is 0 Å². The lowest BCUT2D eigenvalue weighted by Gasteiger charge is -2.08. The van der Waals surface area contributed by atoms with E-state index in [1.807, 2.05) is 36.6 Å². The number of nitrogens with zero attached hydrogens (tertiary/aromatic N) is 4.